The van der Waals surface area contributed by atoms with Gasteiger partial charge in [-0.1, -0.05) is 48.6 Å². The van der Waals surface area contributed by atoms with E-state index in [4.69, 9.17) is 14.7 Å². The number of esters is 1. The van der Waals surface area contributed by atoms with Crippen LogP contribution in [-0.4, -0.2) is 22.5 Å². The van der Waals surface area contributed by atoms with Crippen molar-refractivity contribution >= 4 is 23.1 Å². The van der Waals surface area contributed by atoms with Gasteiger partial charge in [0.2, 0.25) is 9.88 Å². The zero-order chi connectivity index (χ0) is 21.5. The molecule has 3 rings (SSSR count). The Morgan fingerprint density at radius 1 is 1.23 bits per heavy atom. The molecule has 0 N–H and O–H groups in total. The molecule has 0 saturated carbocycles. The highest BCUT2D eigenvalue weighted by molar-refractivity contribution is 7.17. The Bertz CT molecular complexity index is 1090. The van der Waals surface area contributed by atoms with E-state index >= 15 is 0 Å². The van der Waals surface area contributed by atoms with Crippen molar-refractivity contribution < 1.29 is 19.2 Å². The molecule has 1 atom stereocenters. The normalized spacial score (nSPS) is 11.3. The molecule has 1 heterocycles. The third-order valence-corrected chi connectivity index (χ3v) is 5.06. The average Bonchev–Trinajstić information content (AvgIpc) is 3.19. The van der Waals surface area contributed by atoms with E-state index in [2.05, 4.69) is 11.1 Å². The summed E-state index contributed by atoms with van der Waals surface area (Å²) in [5, 5.41) is 20.5. The quantitative estimate of drug-likeness (QED) is 0.220. The van der Waals surface area contributed by atoms with Crippen LogP contribution in [0.5, 0.6) is 11.5 Å². The molecule has 1 aromatic heterocycles. The van der Waals surface area contributed by atoms with Crippen LogP contribution in [0.1, 0.15) is 23.0 Å². The molecule has 0 radical (unpaired) electrons. The predicted octanol–water partition coefficient (Wildman–Crippen LogP) is 4.87. The molecule has 0 aliphatic rings. The van der Waals surface area contributed by atoms with Crippen molar-refractivity contribution in [3.63, 3.8) is 0 Å². The molecule has 2 aromatic carbocycles. The number of hydrogen-bond acceptors (Lipinski definition) is 8. The van der Waals surface area contributed by atoms with Crippen LogP contribution in [0.4, 0.5) is 5.82 Å². The second kappa shape index (κ2) is 9.62. The highest BCUT2D eigenvalue weighted by atomic mass is 32.1. The van der Waals surface area contributed by atoms with Crippen molar-refractivity contribution in [3.05, 3.63) is 69.6 Å². The lowest BCUT2D eigenvalue weighted by atomic mass is 10.1. The number of carbonyl (C=O) groups excluding carboxylic acids is 1. The summed E-state index contributed by atoms with van der Waals surface area (Å²) >= 11 is 0.867. The van der Waals surface area contributed by atoms with Gasteiger partial charge < -0.3 is 19.6 Å². The van der Waals surface area contributed by atoms with E-state index < -0.39 is 16.7 Å². The van der Waals surface area contributed by atoms with Gasteiger partial charge in [0.25, 0.3) is 0 Å². The van der Waals surface area contributed by atoms with E-state index in [0.717, 1.165) is 11.3 Å². The molecule has 0 saturated heterocycles. The molecular weight excluding hydrogens is 406 g/mol. The third-order valence-electron chi connectivity index (χ3n) is 4.00. The lowest BCUT2D eigenvalue weighted by molar-refractivity contribution is -0.389. The maximum absolute atomic E-state index is 12.5. The Labute approximate surface area is 176 Å². The minimum Gasteiger partial charge on any atom is -0.492 e. The summed E-state index contributed by atoms with van der Waals surface area (Å²) < 4.78 is 11.0. The largest absolute Gasteiger partial charge is 0.492 e. The molecule has 0 spiro atoms. The van der Waals surface area contributed by atoms with Gasteiger partial charge in [-0.15, -0.1) is 0 Å². The topological polar surface area (TPSA) is 115 Å². The minimum atomic E-state index is -0.849. The zero-order valence-electron chi connectivity index (χ0n) is 16.0. The maximum atomic E-state index is 12.5. The van der Waals surface area contributed by atoms with Gasteiger partial charge in [-0.3, -0.25) is 0 Å². The van der Waals surface area contributed by atoms with Crippen LogP contribution in [0.2, 0.25) is 0 Å². The summed E-state index contributed by atoms with van der Waals surface area (Å²) in [5.74, 6) is -0.651. The summed E-state index contributed by atoms with van der Waals surface area (Å²) in [6, 6.07) is 17.3. The monoisotopic (exact) mass is 423 g/mol. The van der Waals surface area contributed by atoms with E-state index in [1.165, 1.54) is 0 Å². The van der Waals surface area contributed by atoms with Crippen LogP contribution >= 0.6 is 11.3 Å². The highest BCUT2D eigenvalue weighted by Crippen LogP contribution is 2.37. The summed E-state index contributed by atoms with van der Waals surface area (Å²) in [7, 11) is 0. The summed E-state index contributed by atoms with van der Waals surface area (Å²) in [6.45, 7) is 2.19. The molecule has 152 valence electrons. The Balaban J connectivity index is 1.91. The molecule has 0 aliphatic heterocycles. The Hall–Kier alpha value is -3.77. The molecule has 30 heavy (non-hydrogen) atoms. The molecule has 3 aromatic rings. The molecule has 9 heteroatoms. The number of nitriles is 1. The summed E-state index contributed by atoms with van der Waals surface area (Å²) in [4.78, 5) is 27.2. The van der Waals surface area contributed by atoms with Crippen LogP contribution in [0, 0.1) is 27.4 Å². The molecule has 8 nitrogen and oxygen atoms in total. The first-order valence-electron chi connectivity index (χ1n) is 9.01. The first kappa shape index (κ1) is 21.0. The second-order valence-corrected chi connectivity index (χ2v) is 7.41. The highest BCUT2D eigenvalue weighted by Gasteiger charge is 2.31. The van der Waals surface area contributed by atoms with Crippen LogP contribution < -0.4 is 9.47 Å². The van der Waals surface area contributed by atoms with Gasteiger partial charge in [-0.2, -0.15) is 5.26 Å². The second-order valence-electron chi connectivity index (χ2n) is 6.41. The first-order valence-corrected chi connectivity index (χ1v) is 9.82. The van der Waals surface area contributed by atoms with Gasteiger partial charge in [0, 0.05) is 12.3 Å². The number of rotatable bonds is 8. The SMILES string of the molecule is CC(CC#N)COc1ccccc1-c1nc([N+](=O)[O-])c(C(=O)Oc2ccccc2)s1. The lowest BCUT2D eigenvalue weighted by Gasteiger charge is -2.11. The Morgan fingerprint density at radius 3 is 2.63 bits per heavy atom. The number of benzene rings is 2. The molecule has 1 unspecified atom stereocenters. The van der Waals surface area contributed by atoms with Crippen molar-refractivity contribution in [2.75, 3.05) is 6.61 Å². The summed E-state index contributed by atoms with van der Waals surface area (Å²) in [6.07, 6.45) is 0.348. The van der Waals surface area contributed by atoms with Crippen LogP contribution in [-0.2, 0) is 0 Å². The zero-order valence-corrected chi connectivity index (χ0v) is 16.8. The number of hydrogen-bond donors (Lipinski definition) is 0. The molecule has 0 amide bonds. The van der Waals surface area contributed by atoms with E-state index in [-0.39, 0.29) is 21.6 Å². The minimum absolute atomic E-state index is 0.0186. The smallest absolute Gasteiger partial charge is 0.390 e. The summed E-state index contributed by atoms with van der Waals surface area (Å²) in [5.41, 5.74) is 0.522. The fourth-order valence-corrected chi connectivity index (χ4v) is 3.48. The Kier molecular flexibility index (Phi) is 6.72. The average molecular weight is 423 g/mol. The number of thiazole rings is 1. The molecule has 0 aliphatic carbocycles. The number of nitro groups is 1. The van der Waals surface area contributed by atoms with Crippen molar-refractivity contribution in [2.24, 2.45) is 5.92 Å². The number of nitrogens with zero attached hydrogens (tertiary/aromatic N) is 3. The number of ether oxygens (including phenoxy) is 2. The lowest BCUT2D eigenvalue weighted by Crippen LogP contribution is -2.08. The number of aromatic nitrogens is 1. The van der Waals surface area contributed by atoms with Gasteiger partial charge in [-0.25, -0.2) is 4.79 Å². The van der Waals surface area contributed by atoms with Gasteiger partial charge in [0.05, 0.1) is 18.2 Å². The van der Waals surface area contributed by atoms with Crippen molar-refractivity contribution in [1.82, 2.24) is 4.98 Å². The van der Waals surface area contributed by atoms with E-state index in [1.54, 1.807) is 54.6 Å². The number of carbonyl (C=O) groups is 1. The Morgan fingerprint density at radius 2 is 1.93 bits per heavy atom. The predicted molar refractivity (Wildman–Crippen MR) is 110 cm³/mol. The van der Waals surface area contributed by atoms with Crippen LogP contribution in [0.25, 0.3) is 10.6 Å². The van der Waals surface area contributed by atoms with Crippen LogP contribution in [0.3, 0.4) is 0 Å². The van der Waals surface area contributed by atoms with E-state index in [0.29, 0.717) is 24.3 Å². The van der Waals surface area contributed by atoms with Gasteiger partial charge in [-0.05, 0) is 34.2 Å². The standard InChI is InChI=1S/C21H17N3O5S/c1-14(11-12-22)13-28-17-10-6-5-9-16(17)20-23-19(24(26)27)18(30-20)21(25)29-15-7-3-2-4-8-15/h2-10,14H,11,13H2,1H3. The molecule has 0 bridgehead atoms. The van der Waals surface area contributed by atoms with Gasteiger partial charge in [0.1, 0.15) is 11.5 Å². The molecule has 0 fully saturated rings. The molecular formula is C21H17N3O5S. The van der Waals surface area contributed by atoms with Crippen LogP contribution in [0.15, 0.2) is 54.6 Å². The fourth-order valence-electron chi connectivity index (χ4n) is 2.54. The fraction of sp³-hybridized carbons (Fsp3) is 0.190. The number of para-hydroxylation sites is 2. The van der Waals surface area contributed by atoms with Crippen molar-refractivity contribution in [3.8, 4) is 28.1 Å². The van der Waals surface area contributed by atoms with Gasteiger partial charge >= 0.3 is 11.8 Å². The first-order chi connectivity index (χ1) is 14.5. The van der Waals surface area contributed by atoms with Gasteiger partial charge in [0.15, 0.2) is 0 Å². The van der Waals surface area contributed by atoms with Crippen molar-refractivity contribution in [1.29, 1.82) is 5.26 Å². The van der Waals surface area contributed by atoms with E-state index in [9.17, 15) is 14.9 Å². The maximum Gasteiger partial charge on any atom is 0.390 e. The van der Waals surface area contributed by atoms with Crippen molar-refractivity contribution in [2.45, 2.75) is 13.3 Å². The third kappa shape index (κ3) is 4.98. The van der Waals surface area contributed by atoms with E-state index in [1.807, 2.05) is 6.92 Å².